The van der Waals surface area contributed by atoms with Crippen LogP contribution in [0.5, 0.6) is 0 Å². The summed E-state index contributed by atoms with van der Waals surface area (Å²) in [5.41, 5.74) is 0. The number of carboxylic acid groups (broad SMARTS) is 1. The first kappa shape index (κ1) is 14.3. The number of piperidine rings is 1. The number of carbonyl (C=O) groups excluding carboxylic acids is 1. The minimum atomic E-state index is -0.778. The molecular weight excluding hydrogens is 264 g/mol. The normalized spacial score (nSPS) is 16.1. The molecule has 0 aromatic carbocycles. The lowest BCUT2D eigenvalue weighted by atomic mass is 9.94. The fourth-order valence-corrected chi connectivity index (χ4v) is 2.26. The first-order valence-corrected chi connectivity index (χ1v) is 6.58. The minimum Gasteiger partial charge on any atom is -0.481 e. The monoisotopic (exact) mass is 282 g/mol. The van der Waals surface area contributed by atoms with Gasteiger partial charge in [0, 0.05) is 19.5 Å². The number of hydrogen-bond acceptors (Lipinski definition) is 5. The number of urea groups is 1. The topological polar surface area (TPSA) is 109 Å². The van der Waals surface area contributed by atoms with Crippen molar-refractivity contribution >= 4 is 12.0 Å². The Morgan fingerprint density at radius 1 is 1.45 bits per heavy atom. The molecule has 1 aromatic rings. The molecule has 0 aliphatic carbocycles. The summed E-state index contributed by atoms with van der Waals surface area (Å²) in [5, 5.41) is 15.1. The molecule has 0 radical (unpaired) electrons. The van der Waals surface area contributed by atoms with E-state index in [4.69, 9.17) is 9.63 Å². The number of rotatable bonds is 4. The molecule has 1 aromatic heterocycles. The summed E-state index contributed by atoms with van der Waals surface area (Å²) >= 11 is 0. The highest BCUT2D eigenvalue weighted by Crippen LogP contribution is 2.20. The second kappa shape index (κ2) is 6.36. The number of likely N-dealkylation sites (tertiary alicyclic amines) is 1. The Balaban J connectivity index is 1.73. The molecule has 0 unspecified atom stereocenters. The molecule has 8 heteroatoms. The quantitative estimate of drug-likeness (QED) is 0.844. The largest absolute Gasteiger partial charge is 0.481 e. The third-order valence-corrected chi connectivity index (χ3v) is 3.33. The summed E-state index contributed by atoms with van der Waals surface area (Å²) in [7, 11) is 0. The Bertz CT molecular complexity index is 480. The number of hydrogen-bond donors (Lipinski definition) is 2. The minimum absolute atomic E-state index is 0.162. The van der Waals surface area contributed by atoms with Gasteiger partial charge in [-0.25, -0.2) is 4.79 Å². The SMILES string of the molecule is Cc1noc(CNC(=O)N2CCC(CC(=O)O)CC2)n1. The van der Waals surface area contributed by atoms with E-state index in [1.165, 1.54) is 0 Å². The van der Waals surface area contributed by atoms with E-state index in [1.807, 2.05) is 0 Å². The van der Waals surface area contributed by atoms with Crippen LogP contribution in [-0.4, -0.2) is 45.2 Å². The maximum absolute atomic E-state index is 11.9. The molecule has 8 nitrogen and oxygen atoms in total. The zero-order valence-corrected chi connectivity index (χ0v) is 11.3. The molecule has 20 heavy (non-hydrogen) atoms. The van der Waals surface area contributed by atoms with E-state index in [0.29, 0.717) is 24.8 Å². The molecule has 2 N–H and O–H groups in total. The van der Waals surface area contributed by atoms with Gasteiger partial charge in [-0.15, -0.1) is 0 Å². The van der Waals surface area contributed by atoms with Gasteiger partial charge < -0.3 is 19.8 Å². The highest BCUT2D eigenvalue weighted by Gasteiger charge is 2.24. The van der Waals surface area contributed by atoms with Crippen molar-refractivity contribution in [3.05, 3.63) is 11.7 Å². The van der Waals surface area contributed by atoms with Gasteiger partial charge in [-0.3, -0.25) is 4.79 Å². The molecular formula is C12H18N4O4. The number of aliphatic carboxylic acids is 1. The first-order valence-electron chi connectivity index (χ1n) is 6.58. The molecule has 1 fully saturated rings. The van der Waals surface area contributed by atoms with E-state index in [1.54, 1.807) is 11.8 Å². The van der Waals surface area contributed by atoms with Crippen LogP contribution < -0.4 is 5.32 Å². The van der Waals surface area contributed by atoms with Gasteiger partial charge in [-0.05, 0) is 25.7 Å². The number of aryl methyl sites for hydroxylation is 1. The predicted molar refractivity (Wildman–Crippen MR) is 67.8 cm³/mol. The van der Waals surface area contributed by atoms with Crippen LogP contribution in [0.15, 0.2) is 4.52 Å². The van der Waals surface area contributed by atoms with Crippen LogP contribution in [0.2, 0.25) is 0 Å². The van der Waals surface area contributed by atoms with E-state index in [2.05, 4.69) is 15.5 Å². The van der Waals surface area contributed by atoms with Crippen LogP contribution in [0.25, 0.3) is 0 Å². The molecule has 0 spiro atoms. The fraction of sp³-hybridized carbons (Fsp3) is 0.667. The third-order valence-electron chi connectivity index (χ3n) is 3.33. The van der Waals surface area contributed by atoms with Crippen LogP contribution in [0.1, 0.15) is 31.0 Å². The van der Waals surface area contributed by atoms with Crippen molar-refractivity contribution in [2.45, 2.75) is 32.7 Å². The number of carboxylic acids is 1. The van der Waals surface area contributed by atoms with Gasteiger partial charge >= 0.3 is 12.0 Å². The van der Waals surface area contributed by atoms with Crippen LogP contribution in [0, 0.1) is 12.8 Å². The summed E-state index contributed by atoms with van der Waals surface area (Å²) in [6, 6.07) is -0.186. The maximum atomic E-state index is 11.9. The van der Waals surface area contributed by atoms with Gasteiger partial charge in [0.1, 0.15) is 0 Å². The number of carbonyl (C=O) groups is 2. The summed E-state index contributed by atoms with van der Waals surface area (Å²) in [6.07, 6.45) is 1.62. The molecule has 2 heterocycles. The Labute approximate surface area is 116 Å². The van der Waals surface area contributed by atoms with E-state index in [0.717, 1.165) is 12.8 Å². The Kier molecular flexibility index (Phi) is 4.54. The van der Waals surface area contributed by atoms with Crippen molar-refractivity contribution in [3.63, 3.8) is 0 Å². The molecule has 2 amide bonds. The average Bonchev–Trinajstić information content (AvgIpc) is 2.82. The van der Waals surface area contributed by atoms with Crippen LogP contribution in [0.4, 0.5) is 4.79 Å². The molecule has 1 aliphatic heterocycles. The van der Waals surface area contributed by atoms with Gasteiger partial charge in [0.05, 0.1) is 6.54 Å². The Morgan fingerprint density at radius 3 is 2.70 bits per heavy atom. The molecule has 2 rings (SSSR count). The fourth-order valence-electron chi connectivity index (χ4n) is 2.26. The highest BCUT2D eigenvalue weighted by atomic mass is 16.5. The molecule has 0 atom stereocenters. The standard InChI is InChI=1S/C12H18N4O4/c1-8-14-10(20-15-8)7-13-12(19)16-4-2-9(3-5-16)6-11(17)18/h9H,2-7H2,1H3,(H,13,19)(H,17,18). The summed E-state index contributed by atoms with van der Waals surface area (Å²) in [5.74, 6) is 0.287. The van der Waals surface area contributed by atoms with Gasteiger partial charge in [-0.2, -0.15) is 4.98 Å². The maximum Gasteiger partial charge on any atom is 0.317 e. The van der Waals surface area contributed by atoms with Crippen molar-refractivity contribution in [2.24, 2.45) is 5.92 Å². The molecule has 0 saturated carbocycles. The number of nitrogens with zero attached hydrogens (tertiary/aromatic N) is 3. The van der Waals surface area contributed by atoms with Crippen LogP contribution in [0.3, 0.4) is 0 Å². The van der Waals surface area contributed by atoms with Crippen molar-refractivity contribution in [2.75, 3.05) is 13.1 Å². The molecule has 1 saturated heterocycles. The number of nitrogens with one attached hydrogen (secondary N) is 1. The number of amides is 2. The van der Waals surface area contributed by atoms with Gasteiger partial charge in [0.15, 0.2) is 5.82 Å². The zero-order valence-electron chi connectivity index (χ0n) is 11.3. The molecule has 0 bridgehead atoms. The van der Waals surface area contributed by atoms with E-state index < -0.39 is 5.97 Å². The number of aromatic nitrogens is 2. The van der Waals surface area contributed by atoms with Gasteiger partial charge in [0.2, 0.25) is 5.89 Å². The first-order chi connectivity index (χ1) is 9.54. The van der Waals surface area contributed by atoms with Crippen molar-refractivity contribution < 1.29 is 19.2 Å². The third kappa shape index (κ3) is 3.94. The lowest BCUT2D eigenvalue weighted by Gasteiger charge is -2.31. The van der Waals surface area contributed by atoms with Crippen LogP contribution in [-0.2, 0) is 11.3 Å². The second-order valence-corrected chi connectivity index (χ2v) is 4.92. The Hall–Kier alpha value is -2.12. The lowest BCUT2D eigenvalue weighted by molar-refractivity contribution is -0.138. The van der Waals surface area contributed by atoms with Crippen molar-refractivity contribution in [1.82, 2.24) is 20.4 Å². The molecule has 1 aliphatic rings. The van der Waals surface area contributed by atoms with Gasteiger partial charge in [-0.1, -0.05) is 5.16 Å². The summed E-state index contributed by atoms with van der Waals surface area (Å²) in [6.45, 7) is 3.07. The van der Waals surface area contributed by atoms with E-state index in [9.17, 15) is 9.59 Å². The van der Waals surface area contributed by atoms with Crippen molar-refractivity contribution in [3.8, 4) is 0 Å². The van der Waals surface area contributed by atoms with Gasteiger partial charge in [0.25, 0.3) is 0 Å². The van der Waals surface area contributed by atoms with E-state index >= 15 is 0 Å². The predicted octanol–water partition coefficient (Wildman–Crippen LogP) is 0.774. The van der Waals surface area contributed by atoms with Crippen LogP contribution >= 0.6 is 0 Å². The second-order valence-electron chi connectivity index (χ2n) is 4.92. The zero-order chi connectivity index (χ0) is 14.5. The average molecular weight is 282 g/mol. The van der Waals surface area contributed by atoms with Crippen molar-refractivity contribution in [1.29, 1.82) is 0 Å². The lowest BCUT2D eigenvalue weighted by Crippen LogP contribution is -2.44. The van der Waals surface area contributed by atoms with E-state index in [-0.39, 0.29) is 24.9 Å². The highest BCUT2D eigenvalue weighted by molar-refractivity contribution is 5.74. The summed E-state index contributed by atoms with van der Waals surface area (Å²) < 4.78 is 4.90. The smallest absolute Gasteiger partial charge is 0.317 e. The Morgan fingerprint density at radius 2 is 2.15 bits per heavy atom. The molecule has 110 valence electrons. The summed E-state index contributed by atoms with van der Waals surface area (Å²) in [4.78, 5) is 28.2.